The van der Waals surface area contributed by atoms with Crippen LogP contribution in [0.1, 0.15) is 32.8 Å². The average Bonchev–Trinajstić information content (AvgIpc) is 2.43. The van der Waals surface area contributed by atoms with E-state index in [1.54, 1.807) is 7.11 Å². The molecule has 0 aromatic heterocycles. The Kier molecular flexibility index (Phi) is 11.1. The lowest BCUT2D eigenvalue weighted by Crippen LogP contribution is -2.17. The Bertz CT molecular complexity index is 386. The van der Waals surface area contributed by atoms with Crippen LogP contribution in [-0.2, 0) is 11.3 Å². The first kappa shape index (κ1) is 20.0. The van der Waals surface area contributed by atoms with Crippen molar-refractivity contribution in [3.8, 4) is 11.5 Å². The molecule has 0 atom stereocenters. The minimum absolute atomic E-state index is 0. The van der Waals surface area contributed by atoms with Crippen molar-refractivity contribution >= 4 is 12.4 Å². The molecule has 0 saturated carbocycles. The largest absolute Gasteiger partial charge is 0.493 e. The predicted molar refractivity (Wildman–Crippen MR) is 88.8 cm³/mol. The number of methoxy groups -OCH3 is 1. The van der Waals surface area contributed by atoms with Gasteiger partial charge in [0.1, 0.15) is 0 Å². The third-order valence-corrected chi connectivity index (χ3v) is 2.81. The van der Waals surface area contributed by atoms with Crippen LogP contribution in [-0.4, -0.2) is 33.0 Å². The van der Waals surface area contributed by atoms with E-state index in [9.17, 15) is 0 Å². The van der Waals surface area contributed by atoms with Crippen LogP contribution < -0.4 is 14.8 Å². The van der Waals surface area contributed by atoms with E-state index < -0.39 is 0 Å². The lowest BCUT2D eigenvalue weighted by atomic mass is 10.2. The van der Waals surface area contributed by atoms with Crippen molar-refractivity contribution in [2.75, 3.05) is 26.9 Å². The van der Waals surface area contributed by atoms with Crippen LogP contribution in [0.5, 0.6) is 11.5 Å². The molecule has 0 unspecified atom stereocenters. The smallest absolute Gasteiger partial charge is 0.161 e. The molecule has 1 rings (SSSR count). The van der Waals surface area contributed by atoms with E-state index in [0.717, 1.165) is 37.6 Å². The summed E-state index contributed by atoms with van der Waals surface area (Å²) >= 11 is 0. The van der Waals surface area contributed by atoms with E-state index in [-0.39, 0.29) is 12.4 Å². The summed E-state index contributed by atoms with van der Waals surface area (Å²) in [6.07, 6.45) is 1.33. The van der Waals surface area contributed by atoms with Crippen molar-refractivity contribution < 1.29 is 14.2 Å². The van der Waals surface area contributed by atoms with Gasteiger partial charge in [-0.1, -0.05) is 6.07 Å². The third-order valence-electron chi connectivity index (χ3n) is 2.81. The second-order valence-electron chi connectivity index (χ2n) is 4.87. The first-order valence-electron chi connectivity index (χ1n) is 7.29. The number of hydrogen-bond acceptors (Lipinski definition) is 4. The van der Waals surface area contributed by atoms with Gasteiger partial charge in [0, 0.05) is 13.2 Å². The Balaban J connectivity index is 0.00000400. The second-order valence-corrected chi connectivity index (χ2v) is 4.87. The molecular weight excluding hydrogens is 290 g/mol. The van der Waals surface area contributed by atoms with Crippen LogP contribution >= 0.6 is 12.4 Å². The minimum atomic E-state index is 0. The molecule has 21 heavy (non-hydrogen) atoms. The highest BCUT2D eigenvalue weighted by atomic mass is 35.5. The van der Waals surface area contributed by atoms with E-state index in [2.05, 4.69) is 25.2 Å². The fourth-order valence-corrected chi connectivity index (χ4v) is 1.85. The molecule has 0 radical (unpaired) electrons. The lowest BCUT2D eigenvalue weighted by molar-refractivity contribution is 0.0770. The minimum Gasteiger partial charge on any atom is -0.493 e. The Hall–Kier alpha value is -0.970. The Labute approximate surface area is 134 Å². The molecule has 0 fully saturated rings. The molecule has 0 heterocycles. The van der Waals surface area contributed by atoms with Gasteiger partial charge in [0.05, 0.1) is 19.8 Å². The van der Waals surface area contributed by atoms with Gasteiger partial charge < -0.3 is 19.5 Å². The summed E-state index contributed by atoms with van der Waals surface area (Å²) < 4.78 is 16.3. The van der Waals surface area contributed by atoms with Crippen molar-refractivity contribution in [3.05, 3.63) is 23.8 Å². The molecular formula is C16H28ClNO3. The summed E-state index contributed by atoms with van der Waals surface area (Å²) in [7, 11) is 1.66. The number of hydrogen-bond donors (Lipinski definition) is 1. The normalized spacial score (nSPS) is 10.3. The molecule has 0 bridgehead atoms. The van der Waals surface area contributed by atoms with Crippen LogP contribution in [0.15, 0.2) is 18.2 Å². The SMILES string of the molecule is CCOc1cc(CNCCCOC(C)C)ccc1OC.Cl. The Morgan fingerprint density at radius 3 is 2.57 bits per heavy atom. The summed E-state index contributed by atoms with van der Waals surface area (Å²) in [4.78, 5) is 0. The van der Waals surface area contributed by atoms with Crippen LogP contribution in [0.3, 0.4) is 0 Å². The van der Waals surface area contributed by atoms with Crippen molar-refractivity contribution in [1.82, 2.24) is 5.32 Å². The number of halogens is 1. The first-order chi connectivity index (χ1) is 9.67. The van der Waals surface area contributed by atoms with Gasteiger partial charge >= 0.3 is 0 Å². The van der Waals surface area contributed by atoms with Gasteiger partial charge in [-0.3, -0.25) is 0 Å². The number of ether oxygens (including phenoxy) is 3. The number of rotatable bonds is 10. The fourth-order valence-electron chi connectivity index (χ4n) is 1.85. The Morgan fingerprint density at radius 2 is 1.95 bits per heavy atom. The molecule has 0 spiro atoms. The topological polar surface area (TPSA) is 39.7 Å². The van der Waals surface area contributed by atoms with E-state index >= 15 is 0 Å². The maximum atomic E-state index is 5.57. The van der Waals surface area contributed by atoms with Crippen LogP contribution in [0.4, 0.5) is 0 Å². The highest BCUT2D eigenvalue weighted by Crippen LogP contribution is 2.27. The lowest BCUT2D eigenvalue weighted by Gasteiger charge is -2.12. The van der Waals surface area contributed by atoms with Gasteiger partial charge in [-0.05, 0) is 51.4 Å². The molecule has 1 aromatic carbocycles. The first-order valence-corrected chi connectivity index (χ1v) is 7.29. The standard InChI is InChI=1S/C16H27NO3.ClH/c1-5-19-16-11-14(7-8-15(16)18-4)12-17-9-6-10-20-13(2)3;/h7-8,11,13,17H,5-6,9-10,12H2,1-4H3;1H. The van der Waals surface area contributed by atoms with Crippen molar-refractivity contribution in [1.29, 1.82) is 0 Å². The molecule has 0 aliphatic heterocycles. The maximum absolute atomic E-state index is 5.57. The van der Waals surface area contributed by atoms with Crippen LogP contribution in [0, 0.1) is 0 Å². The summed E-state index contributed by atoms with van der Waals surface area (Å²) in [5, 5.41) is 3.41. The zero-order valence-corrected chi connectivity index (χ0v) is 14.3. The van der Waals surface area contributed by atoms with Gasteiger partial charge in [0.15, 0.2) is 11.5 Å². The summed E-state index contributed by atoms with van der Waals surface area (Å²) in [6, 6.07) is 6.03. The third kappa shape index (κ3) is 8.15. The monoisotopic (exact) mass is 317 g/mol. The second kappa shape index (κ2) is 11.7. The summed E-state index contributed by atoms with van der Waals surface area (Å²) in [5.74, 6) is 1.58. The molecule has 0 saturated heterocycles. The summed E-state index contributed by atoms with van der Waals surface area (Å²) in [5.41, 5.74) is 1.19. The maximum Gasteiger partial charge on any atom is 0.161 e. The molecule has 1 N–H and O–H groups in total. The van der Waals surface area contributed by atoms with E-state index in [0.29, 0.717) is 12.7 Å². The number of nitrogens with one attached hydrogen (secondary N) is 1. The quantitative estimate of drug-likeness (QED) is 0.671. The van der Waals surface area contributed by atoms with Gasteiger partial charge in [-0.2, -0.15) is 0 Å². The number of benzene rings is 1. The average molecular weight is 318 g/mol. The molecule has 1 aromatic rings. The zero-order chi connectivity index (χ0) is 14.8. The van der Waals surface area contributed by atoms with Gasteiger partial charge in [0.2, 0.25) is 0 Å². The van der Waals surface area contributed by atoms with Gasteiger partial charge in [0.25, 0.3) is 0 Å². The van der Waals surface area contributed by atoms with Crippen molar-refractivity contribution in [2.45, 2.75) is 39.8 Å². The molecule has 0 amide bonds. The molecule has 4 nitrogen and oxygen atoms in total. The van der Waals surface area contributed by atoms with Crippen LogP contribution in [0.25, 0.3) is 0 Å². The molecule has 0 aliphatic carbocycles. The van der Waals surface area contributed by atoms with E-state index in [1.807, 2.05) is 19.1 Å². The van der Waals surface area contributed by atoms with E-state index in [4.69, 9.17) is 14.2 Å². The van der Waals surface area contributed by atoms with Crippen LogP contribution in [0.2, 0.25) is 0 Å². The summed E-state index contributed by atoms with van der Waals surface area (Å²) in [6.45, 7) is 9.30. The highest BCUT2D eigenvalue weighted by molar-refractivity contribution is 5.85. The van der Waals surface area contributed by atoms with Crippen molar-refractivity contribution in [3.63, 3.8) is 0 Å². The fraction of sp³-hybridized carbons (Fsp3) is 0.625. The zero-order valence-electron chi connectivity index (χ0n) is 13.5. The Morgan fingerprint density at radius 1 is 1.19 bits per heavy atom. The van der Waals surface area contributed by atoms with Crippen molar-refractivity contribution in [2.24, 2.45) is 0 Å². The highest BCUT2D eigenvalue weighted by Gasteiger charge is 2.05. The van der Waals surface area contributed by atoms with E-state index in [1.165, 1.54) is 5.56 Å². The molecule has 122 valence electrons. The molecule has 0 aliphatic rings. The predicted octanol–water partition coefficient (Wildman–Crippen LogP) is 3.42. The van der Waals surface area contributed by atoms with Gasteiger partial charge in [-0.25, -0.2) is 0 Å². The van der Waals surface area contributed by atoms with Gasteiger partial charge in [-0.15, -0.1) is 12.4 Å². The molecule has 5 heteroatoms.